The van der Waals surface area contributed by atoms with Gasteiger partial charge >= 0.3 is 0 Å². The maximum absolute atomic E-state index is 8.73. The first kappa shape index (κ1) is 13.3. The summed E-state index contributed by atoms with van der Waals surface area (Å²) in [5.41, 5.74) is 20.6. The molecule has 0 saturated carbocycles. The zero-order valence-electron chi connectivity index (χ0n) is 9.08. The molecule has 0 aliphatic carbocycles. The van der Waals surface area contributed by atoms with E-state index in [4.69, 9.17) is 17.0 Å². The van der Waals surface area contributed by atoms with Gasteiger partial charge in [0.1, 0.15) is 0 Å². The second kappa shape index (κ2) is 8.88. The third-order valence-electron chi connectivity index (χ3n) is 2.32. The maximum Gasteiger partial charge on any atom is 0.268 e. The molecule has 0 radical (unpaired) electrons. The summed E-state index contributed by atoms with van der Waals surface area (Å²) in [4.78, 5) is 3.29. The van der Waals surface area contributed by atoms with E-state index < -0.39 is 0 Å². The van der Waals surface area contributed by atoms with Crippen LogP contribution in [0.15, 0.2) is 0 Å². The van der Waals surface area contributed by atoms with E-state index in [0.29, 0.717) is 6.54 Å². The minimum absolute atomic E-state index is 0.0259. The van der Waals surface area contributed by atoms with Crippen LogP contribution >= 0.6 is 0 Å². The van der Waals surface area contributed by atoms with E-state index in [2.05, 4.69) is 11.7 Å². The van der Waals surface area contributed by atoms with Crippen LogP contribution in [0.2, 0.25) is 0 Å². The summed E-state index contributed by atoms with van der Waals surface area (Å²) in [7, 11) is 0. The molecule has 1 unspecified atom stereocenters. The lowest BCUT2D eigenvalue weighted by Crippen LogP contribution is -2.30. The third-order valence-corrected chi connectivity index (χ3v) is 2.32. The fraction of sp³-hybridized carbons (Fsp3) is 0.900. The molecule has 0 aromatic rings. The molecular weight excluding hydrogens is 176 g/mol. The molecule has 4 heteroatoms. The van der Waals surface area contributed by atoms with Crippen LogP contribution in [0.25, 0.3) is 5.53 Å². The van der Waals surface area contributed by atoms with Crippen LogP contribution in [0.1, 0.15) is 45.4 Å². The molecule has 14 heavy (non-hydrogen) atoms. The first-order chi connectivity index (χ1) is 6.74. The Balaban J connectivity index is 3.65. The van der Waals surface area contributed by atoms with Crippen LogP contribution in [-0.2, 0) is 0 Å². The van der Waals surface area contributed by atoms with Gasteiger partial charge in [-0.15, -0.1) is 0 Å². The van der Waals surface area contributed by atoms with E-state index in [1.165, 1.54) is 12.8 Å². The van der Waals surface area contributed by atoms with Gasteiger partial charge in [0.15, 0.2) is 0 Å². The van der Waals surface area contributed by atoms with Crippen molar-refractivity contribution in [2.24, 2.45) is 11.5 Å². The molecule has 0 aliphatic rings. The van der Waals surface area contributed by atoms with Gasteiger partial charge in [0.05, 0.1) is 0 Å². The van der Waals surface area contributed by atoms with Crippen LogP contribution in [0.3, 0.4) is 0 Å². The number of hydrogen-bond donors (Lipinski definition) is 2. The highest BCUT2D eigenvalue weighted by atomic mass is 14.9. The Morgan fingerprint density at radius 1 is 1.36 bits per heavy atom. The van der Waals surface area contributed by atoms with E-state index in [1.807, 2.05) is 0 Å². The standard InChI is InChI=1S/C10H22N4/c1-2-3-4-5-10(14-13)7-6-9(12)8-11/h9H,2-8,11-12H2,1H3. The van der Waals surface area contributed by atoms with Crippen molar-refractivity contribution in [2.75, 3.05) is 6.54 Å². The number of hydrogen-bond acceptors (Lipinski definition) is 2. The second-order valence-electron chi connectivity index (χ2n) is 3.66. The summed E-state index contributed by atoms with van der Waals surface area (Å²) in [6, 6.07) is 0.0259. The predicted octanol–water partition coefficient (Wildman–Crippen LogP) is 1.30. The molecule has 0 aliphatic heterocycles. The van der Waals surface area contributed by atoms with Crippen molar-refractivity contribution in [3.8, 4) is 0 Å². The largest absolute Gasteiger partial charge is 0.362 e. The van der Waals surface area contributed by atoms with Gasteiger partial charge < -0.3 is 17.0 Å². The van der Waals surface area contributed by atoms with Crippen LogP contribution < -0.4 is 11.5 Å². The first-order valence-corrected chi connectivity index (χ1v) is 5.40. The van der Waals surface area contributed by atoms with Crippen molar-refractivity contribution < 1.29 is 4.79 Å². The lowest BCUT2D eigenvalue weighted by Gasteiger charge is -2.05. The lowest BCUT2D eigenvalue weighted by molar-refractivity contribution is -0.0118. The smallest absolute Gasteiger partial charge is 0.268 e. The Labute approximate surface area is 86.3 Å². The van der Waals surface area contributed by atoms with Crippen molar-refractivity contribution in [1.82, 2.24) is 0 Å². The Kier molecular flexibility index (Phi) is 8.43. The normalized spacial score (nSPS) is 12.2. The lowest BCUT2D eigenvalue weighted by atomic mass is 10.0. The van der Waals surface area contributed by atoms with E-state index >= 15 is 0 Å². The van der Waals surface area contributed by atoms with Gasteiger partial charge in [0.2, 0.25) is 0 Å². The number of rotatable bonds is 8. The second-order valence-corrected chi connectivity index (χ2v) is 3.66. The van der Waals surface area contributed by atoms with E-state index in [9.17, 15) is 0 Å². The van der Waals surface area contributed by atoms with Crippen molar-refractivity contribution in [3.05, 3.63) is 5.53 Å². The molecule has 82 valence electrons. The highest BCUT2D eigenvalue weighted by molar-refractivity contribution is 5.78. The van der Waals surface area contributed by atoms with Gasteiger partial charge in [0.25, 0.3) is 5.71 Å². The number of nitrogens with zero attached hydrogens (tertiary/aromatic N) is 2. The first-order valence-electron chi connectivity index (χ1n) is 5.40. The quantitative estimate of drug-likeness (QED) is 0.266. The minimum atomic E-state index is 0.0259. The maximum atomic E-state index is 8.73. The number of nitrogens with two attached hydrogens (primary N) is 2. The molecule has 4 N–H and O–H groups in total. The van der Waals surface area contributed by atoms with Gasteiger partial charge in [-0.05, 0) is 12.8 Å². The molecule has 0 aromatic heterocycles. The Bertz CT molecular complexity index is 185. The molecule has 0 amide bonds. The van der Waals surface area contributed by atoms with Crippen LogP contribution in [0.4, 0.5) is 0 Å². The molecule has 1 atom stereocenters. The monoisotopic (exact) mass is 198 g/mol. The molecule has 0 saturated heterocycles. The van der Waals surface area contributed by atoms with E-state index in [1.54, 1.807) is 0 Å². The molecule has 0 heterocycles. The topological polar surface area (TPSA) is 88.4 Å². The SMILES string of the molecule is CCCCCC(CCC(N)CN)=[N+]=[N-]. The highest BCUT2D eigenvalue weighted by Crippen LogP contribution is 2.04. The van der Waals surface area contributed by atoms with Crippen molar-refractivity contribution >= 4 is 5.71 Å². The summed E-state index contributed by atoms with van der Waals surface area (Å²) >= 11 is 0. The summed E-state index contributed by atoms with van der Waals surface area (Å²) in [5, 5.41) is 0. The third kappa shape index (κ3) is 6.78. The molecular formula is C10H22N4. The van der Waals surface area contributed by atoms with Gasteiger partial charge in [-0.25, -0.2) is 0 Å². The molecule has 0 aromatic carbocycles. The zero-order chi connectivity index (χ0) is 10.8. The molecule has 0 fully saturated rings. The van der Waals surface area contributed by atoms with Gasteiger partial charge in [-0.1, -0.05) is 19.8 Å². The molecule has 0 bridgehead atoms. The van der Waals surface area contributed by atoms with Crippen molar-refractivity contribution in [2.45, 2.75) is 51.5 Å². The van der Waals surface area contributed by atoms with Crippen LogP contribution in [0, 0.1) is 0 Å². The average Bonchev–Trinajstić information content (AvgIpc) is 2.22. The van der Waals surface area contributed by atoms with E-state index in [-0.39, 0.29) is 6.04 Å². The number of unbranched alkanes of at least 4 members (excludes halogenated alkanes) is 2. The van der Waals surface area contributed by atoms with Crippen LogP contribution in [0.5, 0.6) is 0 Å². The average molecular weight is 198 g/mol. The molecule has 0 rings (SSSR count). The molecule has 0 spiro atoms. The zero-order valence-corrected chi connectivity index (χ0v) is 9.08. The fourth-order valence-electron chi connectivity index (χ4n) is 1.27. The minimum Gasteiger partial charge on any atom is -0.362 e. The summed E-state index contributed by atoms with van der Waals surface area (Å²) in [5.74, 6) is 0. The van der Waals surface area contributed by atoms with Gasteiger partial charge in [-0.2, -0.15) is 4.79 Å². The van der Waals surface area contributed by atoms with E-state index in [0.717, 1.165) is 31.4 Å². The van der Waals surface area contributed by atoms with Crippen LogP contribution in [-0.4, -0.2) is 23.1 Å². The fourth-order valence-corrected chi connectivity index (χ4v) is 1.27. The Morgan fingerprint density at radius 3 is 2.57 bits per heavy atom. The Morgan fingerprint density at radius 2 is 2.07 bits per heavy atom. The van der Waals surface area contributed by atoms with Gasteiger partial charge in [0, 0.05) is 25.4 Å². The molecule has 4 nitrogen and oxygen atoms in total. The van der Waals surface area contributed by atoms with Gasteiger partial charge in [-0.3, -0.25) is 0 Å². The highest BCUT2D eigenvalue weighted by Gasteiger charge is 2.09. The Hall–Kier alpha value is -0.700. The van der Waals surface area contributed by atoms with Crippen molar-refractivity contribution in [3.63, 3.8) is 0 Å². The van der Waals surface area contributed by atoms with Crippen molar-refractivity contribution in [1.29, 1.82) is 0 Å². The predicted molar refractivity (Wildman–Crippen MR) is 59.0 cm³/mol. The summed E-state index contributed by atoms with van der Waals surface area (Å²) in [6.45, 7) is 2.65. The summed E-state index contributed by atoms with van der Waals surface area (Å²) < 4.78 is 0. The summed E-state index contributed by atoms with van der Waals surface area (Å²) in [6.07, 6.45) is 5.90.